The first-order chi connectivity index (χ1) is 7.66. The van der Waals surface area contributed by atoms with Gasteiger partial charge >= 0.3 is 5.97 Å². The minimum absolute atomic E-state index is 0.215. The lowest BCUT2D eigenvalue weighted by atomic mass is 10.2. The Morgan fingerprint density at radius 1 is 1.50 bits per heavy atom. The first-order valence-electron chi connectivity index (χ1n) is 4.71. The van der Waals surface area contributed by atoms with Crippen LogP contribution in [0.5, 0.6) is 0 Å². The molecule has 0 bridgehead atoms. The van der Waals surface area contributed by atoms with Crippen molar-refractivity contribution in [2.45, 2.75) is 25.0 Å². The monoisotopic (exact) mass is 226 g/mol. The van der Waals surface area contributed by atoms with Crippen LogP contribution in [0.15, 0.2) is 6.33 Å². The molecule has 2 atom stereocenters. The highest BCUT2D eigenvalue weighted by Crippen LogP contribution is 2.20. The zero-order valence-electron chi connectivity index (χ0n) is 8.21. The molecular weight excluding hydrogens is 216 g/mol. The lowest BCUT2D eigenvalue weighted by molar-refractivity contribution is -0.150. The Morgan fingerprint density at radius 3 is 2.81 bits per heavy atom. The van der Waals surface area contributed by atoms with Gasteiger partial charge in [0, 0.05) is 0 Å². The molecule has 0 aromatic carbocycles. The van der Waals surface area contributed by atoms with Gasteiger partial charge in [0.1, 0.15) is 12.4 Å². The summed E-state index contributed by atoms with van der Waals surface area (Å²) in [4.78, 5) is 25.9. The van der Waals surface area contributed by atoms with Crippen LogP contribution in [0.4, 0.5) is 5.95 Å². The number of aliphatic carboxylic acids is 1. The third-order valence-electron chi connectivity index (χ3n) is 2.24. The summed E-state index contributed by atoms with van der Waals surface area (Å²) in [6.07, 6.45) is 0.336. The summed E-state index contributed by atoms with van der Waals surface area (Å²) in [5.74, 6) is -1.25. The maximum absolute atomic E-state index is 11.6. The van der Waals surface area contributed by atoms with Crippen LogP contribution in [-0.2, 0) is 14.3 Å². The molecule has 2 rings (SSSR count). The van der Waals surface area contributed by atoms with Gasteiger partial charge < -0.3 is 9.84 Å². The highest BCUT2D eigenvalue weighted by atomic mass is 16.5. The molecule has 0 unspecified atom stereocenters. The number of nitrogens with zero attached hydrogens (tertiary/aromatic N) is 2. The van der Waals surface area contributed by atoms with E-state index in [-0.39, 0.29) is 5.95 Å². The van der Waals surface area contributed by atoms with Crippen LogP contribution in [0.1, 0.15) is 12.8 Å². The first-order valence-corrected chi connectivity index (χ1v) is 4.71. The van der Waals surface area contributed by atoms with Crippen LogP contribution in [0, 0.1) is 0 Å². The van der Waals surface area contributed by atoms with Gasteiger partial charge in [-0.1, -0.05) is 0 Å². The van der Waals surface area contributed by atoms with Crippen molar-refractivity contribution in [1.29, 1.82) is 0 Å². The molecule has 0 saturated carbocycles. The van der Waals surface area contributed by atoms with Crippen molar-refractivity contribution in [3.63, 3.8) is 0 Å². The van der Waals surface area contributed by atoms with E-state index in [0.717, 1.165) is 0 Å². The third-order valence-corrected chi connectivity index (χ3v) is 2.24. The maximum Gasteiger partial charge on any atom is 0.332 e. The number of carbonyl (C=O) groups is 2. The Hall–Kier alpha value is -1.96. The van der Waals surface area contributed by atoms with E-state index in [9.17, 15) is 9.59 Å². The Balaban J connectivity index is 1.90. The van der Waals surface area contributed by atoms with Gasteiger partial charge in [-0.25, -0.2) is 9.89 Å². The van der Waals surface area contributed by atoms with Gasteiger partial charge in [-0.3, -0.25) is 10.1 Å². The number of nitrogens with one attached hydrogen (secondary N) is 2. The van der Waals surface area contributed by atoms with Gasteiger partial charge in [0.25, 0.3) is 5.91 Å². The van der Waals surface area contributed by atoms with E-state index >= 15 is 0 Å². The minimum atomic E-state index is -1.05. The number of H-pyrrole nitrogens is 1. The Kier molecular flexibility index (Phi) is 2.82. The van der Waals surface area contributed by atoms with Gasteiger partial charge in [0.05, 0.1) is 0 Å². The van der Waals surface area contributed by atoms with Gasteiger partial charge in [-0.15, -0.1) is 0 Å². The van der Waals surface area contributed by atoms with E-state index < -0.39 is 24.1 Å². The molecule has 3 N–H and O–H groups in total. The number of anilines is 1. The normalized spacial score (nSPS) is 24.2. The Morgan fingerprint density at radius 2 is 2.25 bits per heavy atom. The fraction of sp³-hybridized carbons (Fsp3) is 0.500. The average molecular weight is 226 g/mol. The smallest absolute Gasteiger partial charge is 0.332 e. The summed E-state index contributed by atoms with van der Waals surface area (Å²) < 4.78 is 5.06. The fourth-order valence-electron chi connectivity index (χ4n) is 1.47. The lowest BCUT2D eigenvalue weighted by Crippen LogP contribution is -2.30. The largest absolute Gasteiger partial charge is 0.479 e. The standard InChI is InChI=1S/C8H10N4O4/c13-6(11-8-9-3-10-12-8)4-1-2-5(16-4)7(14)15/h3-5H,1-2H2,(H,14,15)(H2,9,10,11,12,13)/t4-,5+/m0/s1. The predicted molar refractivity (Wildman–Crippen MR) is 50.5 cm³/mol. The summed E-state index contributed by atoms with van der Waals surface area (Å²) in [6.45, 7) is 0. The van der Waals surface area contributed by atoms with Gasteiger partial charge in [-0.05, 0) is 12.8 Å². The maximum atomic E-state index is 11.6. The molecule has 1 aliphatic heterocycles. The molecule has 0 aliphatic carbocycles. The van der Waals surface area contributed by atoms with Gasteiger partial charge in [0.15, 0.2) is 6.10 Å². The molecule has 8 nitrogen and oxygen atoms in total. The number of hydrogen-bond acceptors (Lipinski definition) is 5. The number of carboxylic acids is 1. The average Bonchev–Trinajstić information content (AvgIpc) is 2.86. The first kappa shape index (κ1) is 10.6. The van der Waals surface area contributed by atoms with Crippen molar-refractivity contribution in [1.82, 2.24) is 15.2 Å². The summed E-state index contributed by atoms with van der Waals surface area (Å²) in [5.41, 5.74) is 0. The quantitative estimate of drug-likeness (QED) is 0.632. The highest BCUT2D eigenvalue weighted by Gasteiger charge is 2.34. The molecule has 86 valence electrons. The van der Waals surface area contributed by atoms with E-state index in [0.29, 0.717) is 12.8 Å². The lowest BCUT2D eigenvalue weighted by Gasteiger charge is -2.09. The van der Waals surface area contributed by atoms with E-state index in [2.05, 4.69) is 20.5 Å². The zero-order chi connectivity index (χ0) is 11.5. The molecule has 0 spiro atoms. The molecule has 1 saturated heterocycles. The molecule has 1 aromatic rings. The molecule has 1 fully saturated rings. The zero-order valence-corrected chi connectivity index (χ0v) is 8.21. The molecule has 2 heterocycles. The van der Waals surface area contributed by atoms with E-state index in [1.165, 1.54) is 6.33 Å². The summed E-state index contributed by atoms with van der Waals surface area (Å²) in [7, 11) is 0. The number of aromatic nitrogens is 3. The third kappa shape index (κ3) is 2.16. The molecular formula is C8H10N4O4. The fourth-order valence-corrected chi connectivity index (χ4v) is 1.47. The van der Waals surface area contributed by atoms with Crippen molar-refractivity contribution < 1.29 is 19.4 Å². The second-order valence-electron chi connectivity index (χ2n) is 3.35. The van der Waals surface area contributed by atoms with Crippen molar-refractivity contribution in [2.24, 2.45) is 0 Å². The number of hydrogen-bond donors (Lipinski definition) is 3. The van der Waals surface area contributed by atoms with Crippen LogP contribution in [0.2, 0.25) is 0 Å². The van der Waals surface area contributed by atoms with Crippen molar-refractivity contribution in [2.75, 3.05) is 5.32 Å². The topological polar surface area (TPSA) is 117 Å². The molecule has 16 heavy (non-hydrogen) atoms. The van der Waals surface area contributed by atoms with E-state index in [4.69, 9.17) is 9.84 Å². The summed E-state index contributed by atoms with van der Waals surface area (Å²) >= 11 is 0. The number of amides is 1. The van der Waals surface area contributed by atoms with E-state index in [1.54, 1.807) is 0 Å². The SMILES string of the molecule is O=C(Nc1ncn[nH]1)[C@@H]1CC[C@H](C(=O)O)O1. The van der Waals surface area contributed by atoms with Crippen LogP contribution in [0.3, 0.4) is 0 Å². The molecule has 1 amide bonds. The van der Waals surface area contributed by atoms with Crippen molar-refractivity contribution in [3.8, 4) is 0 Å². The number of aromatic amines is 1. The van der Waals surface area contributed by atoms with Crippen molar-refractivity contribution in [3.05, 3.63) is 6.33 Å². The predicted octanol–water partition coefficient (Wildman–Crippen LogP) is -0.625. The summed E-state index contributed by atoms with van der Waals surface area (Å²) in [5, 5.41) is 17.1. The number of carbonyl (C=O) groups excluding carboxylic acids is 1. The molecule has 1 aromatic heterocycles. The van der Waals surface area contributed by atoms with Gasteiger partial charge in [0.2, 0.25) is 5.95 Å². The van der Waals surface area contributed by atoms with Crippen LogP contribution in [0.25, 0.3) is 0 Å². The highest BCUT2D eigenvalue weighted by molar-refractivity contribution is 5.93. The molecule has 0 radical (unpaired) electrons. The second-order valence-corrected chi connectivity index (χ2v) is 3.35. The molecule has 1 aliphatic rings. The van der Waals surface area contributed by atoms with Crippen molar-refractivity contribution >= 4 is 17.8 Å². The van der Waals surface area contributed by atoms with Crippen LogP contribution < -0.4 is 5.32 Å². The second kappa shape index (κ2) is 4.27. The minimum Gasteiger partial charge on any atom is -0.479 e. The van der Waals surface area contributed by atoms with Gasteiger partial charge in [-0.2, -0.15) is 10.1 Å². The number of rotatable bonds is 3. The number of ether oxygens (including phenoxy) is 1. The molecule has 8 heteroatoms. The summed E-state index contributed by atoms with van der Waals surface area (Å²) in [6, 6.07) is 0. The van der Waals surface area contributed by atoms with E-state index in [1.807, 2.05) is 0 Å². The number of carboxylic acid groups (broad SMARTS) is 1. The van der Waals surface area contributed by atoms with Crippen LogP contribution >= 0.6 is 0 Å². The Bertz CT molecular complexity index is 391. The van der Waals surface area contributed by atoms with Crippen LogP contribution in [-0.4, -0.2) is 44.4 Å². The Labute approximate surface area is 90.0 Å².